The van der Waals surface area contributed by atoms with E-state index < -0.39 is 16.6 Å². The van der Waals surface area contributed by atoms with Crippen LogP contribution < -0.4 is 8.85 Å². The third-order valence-corrected chi connectivity index (χ3v) is 17.0. The molecular weight excluding hydrogens is 548 g/mol. The minimum absolute atomic E-state index is 0.178. The monoisotopic (exact) mass is 584 g/mol. The third kappa shape index (κ3) is 6.72. The summed E-state index contributed by atoms with van der Waals surface area (Å²) >= 11 is 7.53. The number of hydrogen-bond acceptors (Lipinski definition) is 2. The molecule has 31 heavy (non-hydrogen) atoms. The Bertz CT molecular complexity index is 851. The molecule has 0 aliphatic rings. The van der Waals surface area contributed by atoms with Crippen molar-refractivity contribution in [1.82, 2.24) is 0 Å². The molecule has 6 heteroatoms. The second-order valence-electron chi connectivity index (χ2n) is 11.4. The zero-order valence-electron chi connectivity index (χ0n) is 20.7. The second-order valence-corrected chi connectivity index (χ2v) is 22.6. The minimum atomic E-state index is -1.85. The molecule has 0 fully saturated rings. The van der Waals surface area contributed by atoms with Crippen LogP contribution in [0.15, 0.2) is 45.3 Å². The van der Waals surface area contributed by atoms with Crippen LogP contribution in [0.25, 0.3) is 0 Å². The normalized spacial score (nSPS) is 13.3. The van der Waals surface area contributed by atoms with Crippen molar-refractivity contribution in [2.24, 2.45) is 0 Å². The van der Waals surface area contributed by atoms with Crippen LogP contribution in [0.4, 0.5) is 0 Å². The number of hydrogen-bond donors (Lipinski definition) is 0. The molecule has 0 bridgehead atoms. The molecule has 2 rings (SSSR count). The summed E-state index contributed by atoms with van der Waals surface area (Å²) in [6.45, 7) is 22.7. The topological polar surface area (TPSA) is 18.5 Å². The van der Waals surface area contributed by atoms with Crippen LogP contribution in [0.5, 0.6) is 11.5 Å². The van der Waals surface area contributed by atoms with Gasteiger partial charge in [-0.25, -0.2) is 0 Å². The van der Waals surface area contributed by atoms with Crippen molar-refractivity contribution in [2.75, 3.05) is 0 Å². The molecule has 172 valence electrons. The fourth-order valence-electron chi connectivity index (χ4n) is 2.57. The summed E-state index contributed by atoms with van der Waals surface area (Å²) in [5.41, 5.74) is 2.47. The lowest BCUT2D eigenvalue weighted by molar-refractivity contribution is 0.491. The van der Waals surface area contributed by atoms with Gasteiger partial charge in [0.2, 0.25) is 16.6 Å². The molecule has 0 saturated heterocycles. The van der Waals surface area contributed by atoms with Gasteiger partial charge in [0.1, 0.15) is 11.5 Å². The second kappa shape index (κ2) is 9.36. The summed E-state index contributed by atoms with van der Waals surface area (Å²) in [6.07, 6.45) is 0.835. The van der Waals surface area contributed by atoms with Crippen LogP contribution in [-0.2, 0) is 6.42 Å². The number of rotatable bonds is 6. The largest absolute Gasteiger partial charge is 0.543 e. The summed E-state index contributed by atoms with van der Waals surface area (Å²) in [4.78, 5) is 0. The van der Waals surface area contributed by atoms with Crippen LogP contribution in [0.1, 0.15) is 52.7 Å². The maximum absolute atomic E-state index is 6.45. The van der Waals surface area contributed by atoms with Gasteiger partial charge >= 0.3 is 0 Å². The summed E-state index contributed by atoms with van der Waals surface area (Å²) in [5, 5.41) is 0.356. The first-order valence-corrected chi connectivity index (χ1v) is 18.3. The zero-order chi connectivity index (χ0) is 23.8. The van der Waals surface area contributed by atoms with E-state index in [-0.39, 0.29) is 10.1 Å². The van der Waals surface area contributed by atoms with Crippen LogP contribution in [0.3, 0.4) is 0 Å². The maximum atomic E-state index is 6.45. The lowest BCUT2D eigenvalue weighted by atomic mass is 10.0. The van der Waals surface area contributed by atoms with Gasteiger partial charge in [0, 0.05) is 8.95 Å². The molecule has 0 aliphatic heterocycles. The first-order chi connectivity index (χ1) is 13.9. The molecule has 0 aromatic heterocycles. The van der Waals surface area contributed by atoms with Gasteiger partial charge in [0.15, 0.2) is 0 Å². The Balaban J connectivity index is 2.18. The van der Waals surface area contributed by atoms with Crippen molar-refractivity contribution in [3.63, 3.8) is 0 Å². The predicted molar refractivity (Wildman–Crippen MR) is 147 cm³/mol. The fraction of sp³-hybridized carbons (Fsp3) is 0.520. The highest BCUT2D eigenvalue weighted by atomic mass is 79.9. The molecule has 0 heterocycles. The standard InChI is InChI=1S/C25H38Br2O2Si2/c1-24(2,3)30(7,8)28-20-13-11-18(22(26)16-20)15-19-12-14-21(17-23(19)27)29-31(9,10)25(4,5)6/h11-14,16-17H,15H2,1-10H3. The van der Waals surface area contributed by atoms with Gasteiger partial charge in [-0.3, -0.25) is 0 Å². The smallest absolute Gasteiger partial charge is 0.250 e. The van der Waals surface area contributed by atoms with Crippen molar-refractivity contribution in [3.8, 4) is 11.5 Å². The summed E-state index contributed by atoms with van der Waals surface area (Å²) < 4.78 is 15.1. The molecule has 0 N–H and O–H groups in total. The van der Waals surface area contributed by atoms with E-state index in [9.17, 15) is 0 Å². The van der Waals surface area contributed by atoms with Gasteiger partial charge in [-0.1, -0.05) is 85.5 Å². The highest BCUT2D eigenvalue weighted by Gasteiger charge is 2.39. The molecule has 0 amide bonds. The van der Waals surface area contributed by atoms with Gasteiger partial charge in [0.05, 0.1) is 0 Å². The van der Waals surface area contributed by atoms with Crippen molar-refractivity contribution in [2.45, 2.75) is 84.2 Å². The fourth-order valence-corrected chi connectivity index (χ4v) is 5.61. The Morgan fingerprint density at radius 2 is 0.968 bits per heavy atom. The predicted octanol–water partition coefficient (Wildman–Crippen LogP) is 9.57. The Morgan fingerprint density at radius 3 is 1.23 bits per heavy atom. The molecule has 2 aromatic carbocycles. The molecule has 2 aromatic rings. The first-order valence-electron chi connectivity index (χ1n) is 10.9. The lowest BCUT2D eigenvalue weighted by Gasteiger charge is -2.36. The van der Waals surface area contributed by atoms with Gasteiger partial charge < -0.3 is 8.85 Å². The van der Waals surface area contributed by atoms with Crippen LogP contribution in [0.2, 0.25) is 36.3 Å². The maximum Gasteiger partial charge on any atom is 0.250 e. The minimum Gasteiger partial charge on any atom is -0.543 e. The Kier molecular flexibility index (Phi) is 8.05. The van der Waals surface area contributed by atoms with Crippen molar-refractivity contribution < 1.29 is 8.85 Å². The van der Waals surface area contributed by atoms with Crippen molar-refractivity contribution >= 4 is 48.5 Å². The molecule has 2 nitrogen and oxygen atoms in total. The number of halogens is 2. The van der Waals surface area contributed by atoms with E-state index in [4.69, 9.17) is 8.85 Å². The van der Waals surface area contributed by atoms with Crippen LogP contribution in [0, 0.1) is 0 Å². The van der Waals surface area contributed by atoms with Gasteiger partial charge in [-0.15, -0.1) is 0 Å². The Morgan fingerprint density at radius 1 is 0.645 bits per heavy atom. The molecule has 0 radical (unpaired) electrons. The Labute approximate surface area is 208 Å². The number of benzene rings is 2. The van der Waals surface area contributed by atoms with Gasteiger partial charge in [-0.05, 0) is 78.1 Å². The van der Waals surface area contributed by atoms with E-state index in [2.05, 4.69) is 136 Å². The Hall–Kier alpha value is -0.566. The van der Waals surface area contributed by atoms with Crippen molar-refractivity contribution in [1.29, 1.82) is 0 Å². The highest BCUT2D eigenvalue weighted by Crippen LogP contribution is 2.40. The van der Waals surface area contributed by atoms with E-state index in [1.807, 2.05) is 0 Å². The summed E-state index contributed by atoms with van der Waals surface area (Å²) in [7, 11) is -3.70. The van der Waals surface area contributed by atoms with Crippen molar-refractivity contribution in [3.05, 3.63) is 56.5 Å². The van der Waals surface area contributed by atoms with E-state index >= 15 is 0 Å². The quantitative estimate of drug-likeness (QED) is 0.314. The van der Waals surface area contributed by atoms with Crippen LogP contribution >= 0.6 is 31.9 Å². The average Bonchev–Trinajstić information content (AvgIpc) is 2.56. The van der Waals surface area contributed by atoms with E-state index in [1.54, 1.807) is 0 Å². The first kappa shape index (κ1) is 26.7. The lowest BCUT2D eigenvalue weighted by Crippen LogP contribution is -2.43. The molecule has 0 saturated carbocycles. The van der Waals surface area contributed by atoms with E-state index in [1.165, 1.54) is 11.1 Å². The molecular formula is C25H38Br2O2Si2. The summed E-state index contributed by atoms with van der Waals surface area (Å²) in [6, 6.07) is 12.8. The van der Waals surface area contributed by atoms with Gasteiger partial charge in [-0.2, -0.15) is 0 Å². The zero-order valence-corrected chi connectivity index (χ0v) is 25.9. The molecule has 0 spiro atoms. The average molecular weight is 587 g/mol. The highest BCUT2D eigenvalue weighted by molar-refractivity contribution is 9.10. The third-order valence-electron chi connectivity index (χ3n) is 6.79. The van der Waals surface area contributed by atoms with E-state index in [0.717, 1.165) is 26.9 Å². The van der Waals surface area contributed by atoms with Crippen LogP contribution in [-0.4, -0.2) is 16.6 Å². The molecule has 0 atom stereocenters. The van der Waals surface area contributed by atoms with E-state index in [0.29, 0.717) is 0 Å². The molecule has 0 unspecified atom stereocenters. The SMILES string of the molecule is CC(C)(C)[Si](C)(C)Oc1ccc(Cc2ccc(O[Si](C)(C)C(C)(C)C)cc2Br)c(Br)c1. The molecule has 0 aliphatic carbocycles. The summed E-state index contributed by atoms with van der Waals surface area (Å²) in [5.74, 6) is 1.89. The van der Waals surface area contributed by atoms with Gasteiger partial charge in [0.25, 0.3) is 0 Å².